The molecule has 1 N–H and O–H groups in total. The fourth-order valence-corrected chi connectivity index (χ4v) is 10.7. The SMILES string of the molecule is COCCOC1CC2CCC(C)C(O2)C(=O)C(=O)N2CCCCC2C(=O)OC([C@H](C)C[C@@H]2CC[C@@H](OCCO)[C@H](OC)C2)CC(=O)C(C)C=C(C)CC(OC)C(=O)C(C)CC(C)C=CC=CC=C1C. The molecule has 390 valence electrons. The lowest BCUT2D eigenvalue weighted by atomic mass is 9.78. The van der Waals surface area contributed by atoms with Crippen molar-refractivity contribution in [3.8, 4) is 0 Å². The summed E-state index contributed by atoms with van der Waals surface area (Å²) in [5, 5.41) is 9.36. The van der Waals surface area contributed by atoms with Crippen molar-refractivity contribution < 1.29 is 62.2 Å². The number of esters is 1. The van der Waals surface area contributed by atoms with Crippen molar-refractivity contribution in [3.63, 3.8) is 0 Å². The average Bonchev–Trinajstić information content (AvgIpc) is 3.33. The van der Waals surface area contributed by atoms with Crippen LogP contribution in [0.25, 0.3) is 0 Å². The van der Waals surface area contributed by atoms with Crippen LogP contribution in [0, 0.1) is 35.5 Å². The minimum Gasteiger partial charge on any atom is -0.460 e. The minimum atomic E-state index is -0.995. The summed E-state index contributed by atoms with van der Waals surface area (Å²) in [6, 6.07) is -0.995. The van der Waals surface area contributed by atoms with Crippen LogP contribution in [0.15, 0.2) is 47.6 Å². The van der Waals surface area contributed by atoms with Crippen molar-refractivity contribution in [3.05, 3.63) is 47.6 Å². The van der Waals surface area contributed by atoms with Gasteiger partial charge in [-0.1, -0.05) is 76.6 Å². The number of amides is 1. The van der Waals surface area contributed by atoms with Crippen LogP contribution in [0.2, 0.25) is 0 Å². The summed E-state index contributed by atoms with van der Waals surface area (Å²) in [5.74, 6) is -3.12. The minimum absolute atomic E-state index is 0.00669. The van der Waals surface area contributed by atoms with Crippen LogP contribution in [0.4, 0.5) is 0 Å². The van der Waals surface area contributed by atoms with Gasteiger partial charge in [0.1, 0.15) is 30.1 Å². The van der Waals surface area contributed by atoms with Crippen LogP contribution in [0.1, 0.15) is 132 Å². The molecule has 4 aliphatic rings. The van der Waals surface area contributed by atoms with E-state index >= 15 is 0 Å². The molecule has 0 aromatic heterocycles. The standard InChI is InChI=1S/C55H87NO13/c1-35-16-12-11-13-17-37(3)47(67-27-26-63-8)33-43-21-19-38(4)53(68-43)52(60)54(61)56-23-15-14-18-44(56)55(62)69-48(40(6)31-42-20-22-46(66-25-24-57)49(32-42)64-9)34-45(58)39(5)29-36(2)30-50(65-10)51(59)41(7)28-35/h11-13,16-17,29,35,38-44,46-50,53,57H,14-15,18-28,30-34H2,1-10H3/t35?,38?,39?,40-,41?,42+,43?,44?,46-,47?,48?,49-,50?,53?/m1/s1. The number of hydrogen-bond donors (Lipinski definition) is 1. The van der Waals surface area contributed by atoms with Crippen LogP contribution in [0.3, 0.4) is 0 Å². The average molecular weight is 970 g/mol. The number of aliphatic hydroxyl groups is 1. The Morgan fingerprint density at radius 2 is 1.57 bits per heavy atom. The smallest absolute Gasteiger partial charge is 0.329 e. The third-order valence-corrected chi connectivity index (χ3v) is 14.9. The Morgan fingerprint density at radius 1 is 0.797 bits per heavy atom. The van der Waals surface area contributed by atoms with Gasteiger partial charge in [-0.3, -0.25) is 19.2 Å². The highest BCUT2D eigenvalue weighted by molar-refractivity contribution is 6.38. The Morgan fingerprint density at radius 3 is 2.28 bits per heavy atom. The van der Waals surface area contributed by atoms with Crippen molar-refractivity contribution >= 4 is 29.2 Å². The number of ether oxygens (including phenoxy) is 7. The number of carbonyl (C=O) groups is 5. The van der Waals surface area contributed by atoms with E-state index in [4.69, 9.17) is 33.2 Å². The van der Waals surface area contributed by atoms with Gasteiger partial charge >= 0.3 is 5.97 Å². The van der Waals surface area contributed by atoms with Crippen molar-refractivity contribution in [2.75, 3.05) is 54.3 Å². The van der Waals surface area contributed by atoms with Gasteiger partial charge in [0.25, 0.3) is 5.91 Å². The summed E-state index contributed by atoms with van der Waals surface area (Å²) >= 11 is 0. The van der Waals surface area contributed by atoms with Crippen LogP contribution in [0.5, 0.6) is 0 Å². The molecule has 2 saturated heterocycles. The Bertz CT molecular complexity index is 1770. The molecule has 14 heteroatoms. The molecule has 3 fully saturated rings. The van der Waals surface area contributed by atoms with Gasteiger partial charge < -0.3 is 43.2 Å². The number of Topliss-reactive ketones (excluding diaryl/α,β-unsaturated/α-hetero) is 3. The second-order valence-electron chi connectivity index (χ2n) is 20.6. The Kier molecular flexibility index (Phi) is 25.2. The molecular formula is C55H87NO13. The normalized spacial score (nSPS) is 34.2. The molecule has 0 aromatic rings. The first-order chi connectivity index (χ1) is 33.0. The second kappa shape index (κ2) is 29.8. The number of allylic oxidation sites excluding steroid dienone is 6. The van der Waals surface area contributed by atoms with E-state index in [9.17, 15) is 29.1 Å². The van der Waals surface area contributed by atoms with Gasteiger partial charge in [0.15, 0.2) is 5.78 Å². The number of ketones is 3. The Hall–Kier alpha value is -3.37. The van der Waals surface area contributed by atoms with Crippen LogP contribution >= 0.6 is 0 Å². The van der Waals surface area contributed by atoms with Crippen LogP contribution in [-0.2, 0) is 57.1 Å². The number of carbonyl (C=O) groups excluding carboxylic acids is 5. The fraction of sp³-hybridized carbons (Fsp3) is 0.764. The predicted octanol–water partition coefficient (Wildman–Crippen LogP) is 7.92. The summed E-state index contributed by atoms with van der Waals surface area (Å²) in [7, 11) is 4.82. The quantitative estimate of drug-likeness (QED) is 0.0866. The Labute approximate surface area is 413 Å². The number of methoxy groups -OCH3 is 3. The molecule has 0 spiro atoms. The van der Waals surface area contributed by atoms with Gasteiger partial charge in [0.05, 0.1) is 50.8 Å². The van der Waals surface area contributed by atoms with Crippen LogP contribution in [-0.4, -0.2) is 142 Å². The summed E-state index contributed by atoms with van der Waals surface area (Å²) in [5.41, 5.74) is 1.81. The third-order valence-electron chi connectivity index (χ3n) is 14.9. The Balaban J connectivity index is 1.67. The molecule has 3 aliphatic heterocycles. The fourth-order valence-electron chi connectivity index (χ4n) is 10.7. The monoisotopic (exact) mass is 970 g/mol. The zero-order valence-electron chi connectivity index (χ0n) is 43.6. The summed E-state index contributed by atoms with van der Waals surface area (Å²) in [6.07, 6.45) is 15.7. The molecule has 1 saturated carbocycles. The number of rotatable bonds is 12. The zero-order chi connectivity index (χ0) is 50.6. The van der Waals surface area contributed by atoms with Crippen molar-refractivity contribution in [1.82, 2.24) is 4.90 Å². The first-order valence-electron chi connectivity index (χ1n) is 25.9. The zero-order valence-corrected chi connectivity index (χ0v) is 43.6. The van der Waals surface area contributed by atoms with E-state index in [1.807, 2.05) is 71.9 Å². The molecule has 14 atom stereocenters. The number of piperidine rings is 1. The largest absolute Gasteiger partial charge is 0.460 e. The van der Waals surface area contributed by atoms with E-state index in [2.05, 4.69) is 13.0 Å². The number of cyclic esters (lactones) is 1. The molecule has 0 radical (unpaired) electrons. The van der Waals surface area contributed by atoms with Crippen molar-refractivity contribution in [2.45, 2.75) is 181 Å². The maximum absolute atomic E-state index is 14.5. The van der Waals surface area contributed by atoms with Gasteiger partial charge in [-0.15, -0.1) is 0 Å². The van der Waals surface area contributed by atoms with Gasteiger partial charge in [-0.2, -0.15) is 0 Å². The van der Waals surface area contributed by atoms with E-state index in [0.717, 1.165) is 24.0 Å². The number of hydrogen-bond acceptors (Lipinski definition) is 13. The highest BCUT2D eigenvalue weighted by atomic mass is 16.6. The maximum Gasteiger partial charge on any atom is 0.329 e. The van der Waals surface area contributed by atoms with Gasteiger partial charge in [-0.05, 0) is 107 Å². The van der Waals surface area contributed by atoms with E-state index in [-0.39, 0.29) is 91.8 Å². The first-order valence-corrected chi connectivity index (χ1v) is 25.9. The van der Waals surface area contributed by atoms with Gasteiger partial charge in [0.2, 0.25) is 5.78 Å². The second-order valence-corrected chi connectivity index (χ2v) is 20.6. The third kappa shape index (κ3) is 18.0. The predicted molar refractivity (Wildman–Crippen MR) is 264 cm³/mol. The topological polar surface area (TPSA) is 173 Å². The molecule has 10 unspecified atom stereocenters. The summed E-state index contributed by atoms with van der Waals surface area (Å²) in [4.78, 5) is 72.5. The van der Waals surface area contributed by atoms with E-state index < -0.39 is 47.9 Å². The van der Waals surface area contributed by atoms with E-state index in [1.54, 1.807) is 21.3 Å². The number of fused-ring (bicyclic) bond motifs is 3. The van der Waals surface area contributed by atoms with Crippen molar-refractivity contribution in [1.29, 1.82) is 0 Å². The molecule has 1 amide bonds. The molecule has 2 bridgehead atoms. The highest BCUT2D eigenvalue weighted by Gasteiger charge is 2.44. The van der Waals surface area contributed by atoms with E-state index in [1.165, 1.54) is 4.90 Å². The maximum atomic E-state index is 14.5. The molecule has 4 rings (SSSR count). The number of nitrogens with zero attached hydrogens (tertiary/aromatic N) is 1. The molecular weight excluding hydrogens is 883 g/mol. The molecule has 0 aromatic carbocycles. The lowest BCUT2D eigenvalue weighted by Crippen LogP contribution is -2.55. The lowest BCUT2D eigenvalue weighted by Gasteiger charge is -2.39. The molecule has 1 aliphatic carbocycles. The number of aliphatic hydroxyl groups excluding tert-OH is 1. The summed E-state index contributed by atoms with van der Waals surface area (Å²) < 4.78 is 41.9. The van der Waals surface area contributed by atoms with E-state index in [0.29, 0.717) is 77.4 Å². The molecule has 69 heavy (non-hydrogen) atoms. The van der Waals surface area contributed by atoms with Crippen LogP contribution < -0.4 is 0 Å². The van der Waals surface area contributed by atoms with Gasteiger partial charge in [0, 0.05) is 59.0 Å². The molecule has 3 heterocycles. The van der Waals surface area contributed by atoms with Gasteiger partial charge in [-0.25, -0.2) is 4.79 Å². The van der Waals surface area contributed by atoms with Crippen molar-refractivity contribution in [2.24, 2.45) is 35.5 Å². The summed E-state index contributed by atoms with van der Waals surface area (Å²) in [6.45, 7) is 14.8. The first kappa shape index (κ1) is 58.2. The lowest BCUT2D eigenvalue weighted by molar-refractivity contribution is -0.170. The highest BCUT2D eigenvalue weighted by Crippen LogP contribution is 2.36. The molecule has 14 nitrogen and oxygen atoms in total.